The number of halogens is 1. The first-order valence-electron chi connectivity index (χ1n) is 12.8. The van der Waals surface area contributed by atoms with E-state index < -0.39 is 0 Å². The average Bonchev–Trinajstić information content (AvgIpc) is 3.31. The number of fused-ring (bicyclic) bond motifs is 3. The minimum Gasteiger partial charge on any atom is -0.309 e. The predicted octanol–water partition coefficient (Wildman–Crippen LogP) is 10.5. The SMILES string of the molecule is Brc1cccc(-c2ccc3c4ccccc4n(-c4ccc(-c5ccccc5)cc4-c4ccccc4)c3c2)c1. The van der Waals surface area contributed by atoms with Gasteiger partial charge in [-0.25, -0.2) is 0 Å². The number of nitrogens with zero attached hydrogens (tertiary/aromatic N) is 1. The quantitative estimate of drug-likeness (QED) is 0.205. The Morgan fingerprint density at radius 1 is 0.395 bits per heavy atom. The summed E-state index contributed by atoms with van der Waals surface area (Å²) >= 11 is 3.64. The minimum absolute atomic E-state index is 1.08. The third-order valence-electron chi connectivity index (χ3n) is 7.26. The van der Waals surface area contributed by atoms with Crippen molar-refractivity contribution in [2.24, 2.45) is 0 Å². The normalized spacial score (nSPS) is 11.3. The Morgan fingerprint density at radius 3 is 1.79 bits per heavy atom. The van der Waals surface area contributed by atoms with Crippen molar-refractivity contribution in [2.75, 3.05) is 0 Å². The molecule has 0 unspecified atom stereocenters. The van der Waals surface area contributed by atoms with Crippen LogP contribution >= 0.6 is 15.9 Å². The zero-order valence-electron chi connectivity index (χ0n) is 20.7. The summed E-state index contributed by atoms with van der Waals surface area (Å²) in [6.45, 7) is 0. The van der Waals surface area contributed by atoms with Crippen molar-refractivity contribution < 1.29 is 0 Å². The van der Waals surface area contributed by atoms with Crippen LogP contribution in [-0.4, -0.2) is 4.57 Å². The number of para-hydroxylation sites is 1. The molecule has 0 N–H and O–H groups in total. The van der Waals surface area contributed by atoms with Gasteiger partial charge in [0.2, 0.25) is 0 Å². The van der Waals surface area contributed by atoms with Crippen LogP contribution in [0.2, 0.25) is 0 Å². The largest absolute Gasteiger partial charge is 0.309 e. The number of hydrogen-bond donors (Lipinski definition) is 0. The molecule has 0 spiro atoms. The minimum atomic E-state index is 1.08. The molecule has 7 aromatic rings. The fourth-order valence-corrected chi connectivity index (χ4v) is 5.87. The van der Waals surface area contributed by atoms with E-state index in [0.29, 0.717) is 0 Å². The molecule has 0 atom stereocenters. The van der Waals surface area contributed by atoms with Crippen LogP contribution in [-0.2, 0) is 0 Å². The lowest BCUT2D eigenvalue weighted by Crippen LogP contribution is -1.98. The first-order chi connectivity index (χ1) is 18.8. The van der Waals surface area contributed by atoms with Crippen LogP contribution in [0.25, 0.3) is 60.9 Å². The van der Waals surface area contributed by atoms with Gasteiger partial charge >= 0.3 is 0 Å². The van der Waals surface area contributed by atoms with E-state index in [0.717, 1.165) is 4.47 Å². The molecule has 1 nitrogen and oxygen atoms in total. The van der Waals surface area contributed by atoms with Crippen LogP contribution in [0.15, 0.2) is 150 Å². The highest BCUT2D eigenvalue weighted by atomic mass is 79.9. The molecule has 7 rings (SSSR count). The highest BCUT2D eigenvalue weighted by Crippen LogP contribution is 2.39. The lowest BCUT2D eigenvalue weighted by Gasteiger charge is -2.16. The number of rotatable bonds is 4. The van der Waals surface area contributed by atoms with Crippen molar-refractivity contribution in [1.29, 1.82) is 0 Å². The van der Waals surface area contributed by atoms with Gasteiger partial charge in [-0.1, -0.05) is 125 Å². The molecule has 0 saturated carbocycles. The highest BCUT2D eigenvalue weighted by molar-refractivity contribution is 9.10. The first-order valence-corrected chi connectivity index (χ1v) is 13.6. The van der Waals surface area contributed by atoms with E-state index in [1.165, 1.54) is 60.9 Å². The van der Waals surface area contributed by atoms with Gasteiger partial charge in [0, 0.05) is 20.8 Å². The molecule has 0 bridgehead atoms. The van der Waals surface area contributed by atoms with E-state index in [1.54, 1.807) is 0 Å². The Bertz CT molecular complexity index is 1920. The molecule has 0 saturated heterocycles. The van der Waals surface area contributed by atoms with E-state index in [9.17, 15) is 0 Å². The zero-order chi connectivity index (χ0) is 25.5. The van der Waals surface area contributed by atoms with Crippen molar-refractivity contribution in [3.8, 4) is 39.1 Å². The van der Waals surface area contributed by atoms with Gasteiger partial charge in [-0.2, -0.15) is 0 Å². The van der Waals surface area contributed by atoms with Gasteiger partial charge in [0.05, 0.1) is 16.7 Å². The molecule has 180 valence electrons. The van der Waals surface area contributed by atoms with Crippen LogP contribution in [0, 0.1) is 0 Å². The summed E-state index contributed by atoms with van der Waals surface area (Å²) < 4.78 is 3.52. The van der Waals surface area contributed by atoms with Gasteiger partial charge < -0.3 is 4.57 Å². The first kappa shape index (κ1) is 22.8. The zero-order valence-corrected chi connectivity index (χ0v) is 22.3. The van der Waals surface area contributed by atoms with Crippen LogP contribution in [0.5, 0.6) is 0 Å². The standard InChI is InChI=1S/C36H24BrN/c37-30-15-9-14-27(22-30)29-18-20-32-31-16-7-8-17-34(31)38(36(32)24-29)35-21-19-28(25-10-3-1-4-11-25)23-33(35)26-12-5-2-6-13-26/h1-24H. The Hall–Kier alpha value is -4.40. The summed E-state index contributed by atoms with van der Waals surface area (Å²) in [6, 6.07) is 52.3. The summed E-state index contributed by atoms with van der Waals surface area (Å²) in [7, 11) is 0. The lowest BCUT2D eigenvalue weighted by molar-refractivity contribution is 1.18. The molecule has 0 amide bonds. The molecule has 2 heteroatoms. The summed E-state index contributed by atoms with van der Waals surface area (Å²) in [5, 5.41) is 2.51. The molecule has 1 heterocycles. The van der Waals surface area contributed by atoms with Gasteiger partial charge in [0.1, 0.15) is 0 Å². The van der Waals surface area contributed by atoms with Crippen LogP contribution in [0.4, 0.5) is 0 Å². The van der Waals surface area contributed by atoms with Gasteiger partial charge in [0.15, 0.2) is 0 Å². The van der Waals surface area contributed by atoms with Gasteiger partial charge in [-0.3, -0.25) is 0 Å². The van der Waals surface area contributed by atoms with E-state index in [1.807, 2.05) is 0 Å². The molecule has 6 aromatic carbocycles. The van der Waals surface area contributed by atoms with Crippen LogP contribution < -0.4 is 0 Å². The average molecular weight is 550 g/mol. The smallest absolute Gasteiger partial charge is 0.0547 e. The Labute approximate surface area is 230 Å². The maximum absolute atomic E-state index is 3.64. The van der Waals surface area contributed by atoms with Crippen molar-refractivity contribution in [1.82, 2.24) is 4.57 Å². The molecular weight excluding hydrogens is 526 g/mol. The molecule has 1 aromatic heterocycles. The monoisotopic (exact) mass is 549 g/mol. The molecular formula is C36H24BrN. The fourth-order valence-electron chi connectivity index (χ4n) is 5.47. The molecule has 0 fully saturated rings. The van der Waals surface area contributed by atoms with Gasteiger partial charge in [0.25, 0.3) is 0 Å². The van der Waals surface area contributed by atoms with E-state index in [-0.39, 0.29) is 0 Å². The second-order valence-corrected chi connectivity index (χ2v) is 10.5. The van der Waals surface area contributed by atoms with Gasteiger partial charge in [-0.05, 0) is 64.2 Å². The molecule has 0 aliphatic rings. The number of benzene rings is 6. The summed E-state index contributed by atoms with van der Waals surface area (Å²) in [5.74, 6) is 0. The highest BCUT2D eigenvalue weighted by Gasteiger charge is 2.17. The van der Waals surface area contributed by atoms with Gasteiger partial charge in [-0.15, -0.1) is 0 Å². The number of aromatic nitrogens is 1. The number of hydrogen-bond acceptors (Lipinski definition) is 0. The molecule has 0 aliphatic carbocycles. The Balaban J connectivity index is 1.54. The van der Waals surface area contributed by atoms with Crippen LogP contribution in [0.3, 0.4) is 0 Å². The third kappa shape index (κ3) is 3.95. The fraction of sp³-hybridized carbons (Fsp3) is 0. The lowest BCUT2D eigenvalue weighted by atomic mass is 9.97. The summed E-state index contributed by atoms with van der Waals surface area (Å²) in [5.41, 5.74) is 10.8. The maximum atomic E-state index is 3.64. The maximum Gasteiger partial charge on any atom is 0.0547 e. The van der Waals surface area contributed by atoms with Crippen molar-refractivity contribution in [3.63, 3.8) is 0 Å². The second-order valence-electron chi connectivity index (χ2n) is 9.56. The Kier molecular flexibility index (Phi) is 5.68. The van der Waals surface area contributed by atoms with Crippen molar-refractivity contribution >= 4 is 37.7 Å². The topological polar surface area (TPSA) is 4.93 Å². The predicted molar refractivity (Wildman–Crippen MR) is 165 cm³/mol. The van der Waals surface area contributed by atoms with E-state index in [4.69, 9.17) is 0 Å². The van der Waals surface area contributed by atoms with E-state index >= 15 is 0 Å². The Morgan fingerprint density at radius 2 is 1.00 bits per heavy atom. The summed E-state index contributed by atoms with van der Waals surface area (Å²) in [6.07, 6.45) is 0. The van der Waals surface area contributed by atoms with Crippen molar-refractivity contribution in [3.05, 3.63) is 150 Å². The third-order valence-corrected chi connectivity index (χ3v) is 7.75. The molecule has 0 aliphatic heterocycles. The molecule has 0 radical (unpaired) electrons. The van der Waals surface area contributed by atoms with Crippen LogP contribution in [0.1, 0.15) is 0 Å². The molecule has 38 heavy (non-hydrogen) atoms. The second kappa shape index (κ2) is 9.48. The summed E-state index contributed by atoms with van der Waals surface area (Å²) in [4.78, 5) is 0. The van der Waals surface area contributed by atoms with E-state index in [2.05, 4.69) is 166 Å². The van der Waals surface area contributed by atoms with Crippen molar-refractivity contribution in [2.45, 2.75) is 0 Å².